The van der Waals surface area contributed by atoms with Crippen molar-refractivity contribution in [1.29, 1.82) is 0 Å². The van der Waals surface area contributed by atoms with E-state index in [0.717, 1.165) is 62.6 Å². The third kappa shape index (κ3) is 7.13. The van der Waals surface area contributed by atoms with Gasteiger partial charge >= 0.3 is 0 Å². The number of benzene rings is 1. The number of primary amides is 1. The van der Waals surface area contributed by atoms with Gasteiger partial charge in [0.2, 0.25) is 5.91 Å². The predicted octanol–water partition coefficient (Wildman–Crippen LogP) is 3.77. The third-order valence-electron chi connectivity index (χ3n) is 10.7. The van der Waals surface area contributed by atoms with E-state index in [2.05, 4.69) is 41.2 Å². The topological polar surface area (TPSA) is 114 Å². The number of carbonyl (C=O) groups is 1. The largest absolute Gasteiger partial charge is 0.507 e. The molecule has 4 N–H and O–H groups in total. The van der Waals surface area contributed by atoms with E-state index in [9.17, 15) is 9.90 Å². The number of hydrogen-bond donors (Lipinski definition) is 3. The van der Waals surface area contributed by atoms with E-state index in [1.807, 2.05) is 25.2 Å². The van der Waals surface area contributed by atoms with Gasteiger partial charge in [-0.1, -0.05) is 31.4 Å². The molecule has 44 heavy (non-hydrogen) atoms. The number of aromatic nitrogens is 2. The Hall–Kier alpha value is -2.95. The Morgan fingerprint density at radius 1 is 0.932 bits per heavy atom. The van der Waals surface area contributed by atoms with Crippen LogP contribution >= 0.6 is 0 Å². The van der Waals surface area contributed by atoms with E-state index in [1.165, 1.54) is 77.7 Å². The minimum atomic E-state index is -0.169. The predicted molar refractivity (Wildman–Crippen MR) is 176 cm³/mol. The number of phenols is 1. The lowest BCUT2D eigenvalue weighted by Crippen LogP contribution is -2.69. The van der Waals surface area contributed by atoms with Gasteiger partial charge in [-0.25, -0.2) is 0 Å². The molecule has 0 bridgehead atoms. The molecule has 1 aromatic heterocycles. The van der Waals surface area contributed by atoms with Gasteiger partial charge in [-0.2, -0.15) is 0 Å². The first-order chi connectivity index (χ1) is 21.4. The second kappa shape index (κ2) is 14.0. The molecule has 1 aliphatic carbocycles. The number of anilines is 2. The molecule has 0 unspecified atom stereocenters. The number of piperidine rings is 1. The van der Waals surface area contributed by atoms with Gasteiger partial charge in [0.05, 0.1) is 11.4 Å². The molecule has 10 heteroatoms. The number of nitrogens with zero attached hydrogens (tertiary/aromatic N) is 6. The lowest BCUT2D eigenvalue weighted by molar-refractivity contribution is -0.131. The van der Waals surface area contributed by atoms with Gasteiger partial charge < -0.3 is 26.0 Å². The van der Waals surface area contributed by atoms with E-state index in [0.29, 0.717) is 23.1 Å². The molecular formula is C34H52N8O2. The average molecular weight is 605 g/mol. The maximum absolute atomic E-state index is 10.8. The molecule has 1 spiro atoms. The van der Waals surface area contributed by atoms with Crippen molar-refractivity contribution in [1.82, 2.24) is 24.9 Å². The lowest BCUT2D eigenvalue weighted by Gasteiger charge is -2.63. The van der Waals surface area contributed by atoms with Gasteiger partial charge in [0.25, 0.3) is 0 Å². The third-order valence-corrected chi connectivity index (χ3v) is 10.7. The molecule has 4 aliphatic rings. The Kier molecular flexibility index (Phi) is 9.88. The quantitative estimate of drug-likeness (QED) is 0.294. The van der Waals surface area contributed by atoms with Crippen molar-refractivity contribution in [2.45, 2.75) is 76.3 Å². The number of aromatic hydroxyl groups is 1. The van der Waals surface area contributed by atoms with Crippen LogP contribution in [-0.4, -0.2) is 114 Å². The fraction of sp³-hybridized carbons (Fsp3) is 0.676. The zero-order chi connectivity index (χ0) is 30.5. The highest BCUT2D eigenvalue weighted by molar-refractivity contribution is 5.75. The maximum Gasteiger partial charge on any atom is 0.217 e. The number of amides is 1. The van der Waals surface area contributed by atoms with Gasteiger partial charge in [-0.05, 0) is 81.8 Å². The first kappa shape index (κ1) is 31.0. The zero-order valence-electron chi connectivity index (χ0n) is 26.6. The number of unbranched alkanes of at least 4 members (excludes halogenated alkanes) is 4. The fourth-order valence-corrected chi connectivity index (χ4v) is 8.15. The van der Waals surface area contributed by atoms with Crippen LogP contribution in [0.2, 0.25) is 0 Å². The summed E-state index contributed by atoms with van der Waals surface area (Å²) in [6.45, 7) is 10.5. The molecule has 6 rings (SSSR count). The molecular weight excluding hydrogens is 552 g/mol. The molecule has 1 aromatic carbocycles. The molecule has 3 aliphatic heterocycles. The number of para-hydroxylation sites is 1. The SMILES string of the molecule is CNc1nnc(-c2ccccc2O)cc1N1CCN(C2CC3(C2)CN(C2CCN(CCCCCCCC(N)=O)CC2)C3)CC1. The van der Waals surface area contributed by atoms with Crippen molar-refractivity contribution in [3.63, 3.8) is 0 Å². The summed E-state index contributed by atoms with van der Waals surface area (Å²) in [4.78, 5) is 21.4. The number of phenolic OH excluding ortho intramolecular Hbond substituents is 1. The van der Waals surface area contributed by atoms with Crippen LogP contribution < -0.4 is 16.0 Å². The Morgan fingerprint density at radius 3 is 2.34 bits per heavy atom. The molecule has 0 atom stereocenters. The van der Waals surface area contributed by atoms with Crippen LogP contribution in [0.15, 0.2) is 30.3 Å². The van der Waals surface area contributed by atoms with E-state index < -0.39 is 0 Å². The Labute approximate surface area is 263 Å². The number of nitrogens with one attached hydrogen (secondary N) is 1. The summed E-state index contributed by atoms with van der Waals surface area (Å²) in [7, 11) is 1.89. The molecule has 0 radical (unpaired) electrons. The molecule has 3 saturated heterocycles. The molecule has 10 nitrogen and oxygen atoms in total. The first-order valence-corrected chi connectivity index (χ1v) is 17.0. The highest BCUT2D eigenvalue weighted by atomic mass is 16.3. The van der Waals surface area contributed by atoms with Crippen LogP contribution in [0.3, 0.4) is 0 Å². The summed E-state index contributed by atoms with van der Waals surface area (Å²) in [6, 6.07) is 10.9. The molecule has 2 aromatic rings. The van der Waals surface area contributed by atoms with Crippen LogP contribution in [0.25, 0.3) is 11.3 Å². The minimum Gasteiger partial charge on any atom is -0.507 e. The first-order valence-electron chi connectivity index (χ1n) is 17.0. The van der Waals surface area contributed by atoms with Crippen LogP contribution in [0, 0.1) is 5.41 Å². The van der Waals surface area contributed by atoms with E-state index in [4.69, 9.17) is 5.73 Å². The highest BCUT2D eigenvalue weighted by Gasteiger charge is 2.55. The van der Waals surface area contributed by atoms with Crippen molar-refractivity contribution < 1.29 is 9.90 Å². The maximum atomic E-state index is 10.8. The van der Waals surface area contributed by atoms with Gasteiger partial charge in [0.1, 0.15) is 5.75 Å². The summed E-state index contributed by atoms with van der Waals surface area (Å²) in [6.07, 6.45) is 11.7. The summed E-state index contributed by atoms with van der Waals surface area (Å²) in [5, 5.41) is 22.4. The van der Waals surface area contributed by atoms with E-state index in [1.54, 1.807) is 6.07 Å². The number of nitrogens with two attached hydrogens (primary N) is 1. The van der Waals surface area contributed by atoms with Crippen LogP contribution in [0.1, 0.15) is 64.2 Å². The zero-order valence-corrected chi connectivity index (χ0v) is 26.6. The number of hydrogen-bond acceptors (Lipinski definition) is 9. The molecule has 1 saturated carbocycles. The van der Waals surface area contributed by atoms with Gasteiger partial charge in [0, 0.05) is 70.4 Å². The Bertz CT molecular complexity index is 1240. The minimum absolute atomic E-state index is 0.169. The summed E-state index contributed by atoms with van der Waals surface area (Å²) in [5.74, 6) is 0.846. The van der Waals surface area contributed by atoms with Crippen molar-refractivity contribution >= 4 is 17.4 Å². The van der Waals surface area contributed by atoms with Crippen molar-refractivity contribution in [2.24, 2.45) is 11.1 Å². The summed E-state index contributed by atoms with van der Waals surface area (Å²) >= 11 is 0. The Morgan fingerprint density at radius 2 is 1.64 bits per heavy atom. The lowest BCUT2D eigenvalue weighted by atomic mass is 9.59. The Balaban J connectivity index is 0.888. The normalized spacial score (nSPS) is 21.7. The summed E-state index contributed by atoms with van der Waals surface area (Å²) < 4.78 is 0. The number of likely N-dealkylation sites (tertiary alicyclic amines) is 2. The fourth-order valence-electron chi connectivity index (χ4n) is 8.15. The number of piperazine rings is 1. The van der Waals surface area contributed by atoms with Gasteiger partial charge in [-0.15, -0.1) is 10.2 Å². The van der Waals surface area contributed by atoms with Crippen molar-refractivity contribution in [2.75, 3.05) is 76.2 Å². The second-order valence-electron chi connectivity index (χ2n) is 13.8. The smallest absolute Gasteiger partial charge is 0.217 e. The van der Waals surface area contributed by atoms with E-state index in [-0.39, 0.29) is 11.7 Å². The monoisotopic (exact) mass is 604 g/mol. The van der Waals surface area contributed by atoms with Crippen LogP contribution in [-0.2, 0) is 4.79 Å². The number of rotatable bonds is 13. The standard InChI is InChI=1S/C34H52N8O2/c1-36-33-30(21-29(37-38-33)28-9-6-7-10-31(28)43)41-19-17-40(18-20-41)27-22-34(23-27)24-42(25-34)26-12-15-39(16-13-26)14-8-4-2-3-5-11-32(35)44/h6-7,9-10,21,26-27,43H,2-5,8,11-20,22-25H2,1H3,(H2,35,44)(H,36,38). The molecule has 1 amide bonds. The van der Waals surface area contributed by atoms with E-state index >= 15 is 0 Å². The molecule has 4 fully saturated rings. The van der Waals surface area contributed by atoms with Gasteiger partial charge in [-0.3, -0.25) is 14.6 Å². The van der Waals surface area contributed by atoms with Crippen molar-refractivity contribution in [3.8, 4) is 17.0 Å². The van der Waals surface area contributed by atoms with Crippen LogP contribution in [0.4, 0.5) is 11.5 Å². The highest BCUT2D eigenvalue weighted by Crippen LogP contribution is 2.51. The molecule has 240 valence electrons. The van der Waals surface area contributed by atoms with Crippen molar-refractivity contribution in [3.05, 3.63) is 30.3 Å². The molecule has 4 heterocycles. The van der Waals surface area contributed by atoms with Gasteiger partial charge in [0.15, 0.2) is 5.82 Å². The average Bonchev–Trinajstić information content (AvgIpc) is 3.00. The second-order valence-corrected chi connectivity index (χ2v) is 13.8. The number of carbonyl (C=O) groups excluding carboxylic acids is 1. The van der Waals surface area contributed by atoms with Crippen LogP contribution in [0.5, 0.6) is 5.75 Å². The summed E-state index contributed by atoms with van der Waals surface area (Å²) in [5.41, 5.74) is 8.27.